The number of amides is 1. The summed E-state index contributed by atoms with van der Waals surface area (Å²) in [7, 11) is 0. The molecule has 1 saturated heterocycles. The molecule has 98 valence electrons. The maximum absolute atomic E-state index is 13.4. The minimum absolute atomic E-state index is 0.214. The van der Waals surface area contributed by atoms with E-state index < -0.39 is 5.60 Å². The third-order valence-electron chi connectivity index (χ3n) is 3.38. The molecule has 0 radical (unpaired) electrons. The Hall–Kier alpha value is -1.42. The molecular formula is C14H18FNO2. The second-order valence-electron chi connectivity index (χ2n) is 5.29. The fraction of sp³-hybridized carbons (Fsp3) is 0.500. The van der Waals surface area contributed by atoms with Crippen LogP contribution in [-0.4, -0.2) is 34.6 Å². The Balaban J connectivity index is 2.18. The van der Waals surface area contributed by atoms with Crippen molar-refractivity contribution in [3.05, 3.63) is 35.1 Å². The number of likely N-dealkylation sites (tertiary alicyclic amines) is 1. The number of halogens is 1. The fourth-order valence-electron chi connectivity index (χ4n) is 2.30. The summed E-state index contributed by atoms with van der Waals surface area (Å²) in [6.07, 6.45) is 1.46. The van der Waals surface area contributed by atoms with Gasteiger partial charge in [-0.25, -0.2) is 4.39 Å². The molecule has 0 spiro atoms. The number of piperidine rings is 1. The summed E-state index contributed by atoms with van der Waals surface area (Å²) in [5, 5.41) is 9.97. The van der Waals surface area contributed by atoms with Crippen LogP contribution in [-0.2, 0) is 0 Å². The van der Waals surface area contributed by atoms with E-state index in [1.54, 1.807) is 30.9 Å². The number of nitrogens with zero attached hydrogens (tertiary/aromatic N) is 1. The van der Waals surface area contributed by atoms with Crippen LogP contribution >= 0.6 is 0 Å². The van der Waals surface area contributed by atoms with Crippen LogP contribution in [0.3, 0.4) is 0 Å². The van der Waals surface area contributed by atoms with Crippen molar-refractivity contribution >= 4 is 5.91 Å². The predicted molar refractivity (Wildman–Crippen MR) is 66.9 cm³/mol. The summed E-state index contributed by atoms with van der Waals surface area (Å²) < 4.78 is 13.4. The van der Waals surface area contributed by atoms with Crippen LogP contribution in [0.1, 0.15) is 35.7 Å². The van der Waals surface area contributed by atoms with E-state index in [2.05, 4.69) is 0 Å². The van der Waals surface area contributed by atoms with Gasteiger partial charge in [-0.05, 0) is 44.4 Å². The molecule has 2 rings (SSSR count). The predicted octanol–water partition coefficient (Wildman–Crippen LogP) is 2.12. The van der Waals surface area contributed by atoms with Crippen molar-refractivity contribution in [1.29, 1.82) is 0 Å². The molecular weight excluding hydrogens is 233 g/mol. The number of carbonyl (C=O) groups is 1. The summed E-state index contributed by atoms with van der Waals surface area (Å²) in [5.74, 6) is -0.585. The van der Waals surface area contributed by atoms with E-state index in [-0.39, 0.29) is 11.7 Å². The minimum atomic E-state index is -0.836. The zero-order chi connectivity index (χ0) is 13.3. The van der Waals surface area contributed by atoms with Crippen molar-refractivity contribution in [2.24, 2.45) is 0 Å². The third-order valence-corrected chi connectivity index (χ3v) is 3.38. The Bertz CT molecular complexity index is 471. The number of carbonyl (C=O) groups excluding carboxylic acids is 1. The van der Waals surface area contributed by atoms with Gasteiger partial charge in [0, 0.05) is 18.7 Å². The smallest absolute Gasteiger partial charge is 0.254 e. The Labute approximate surface area is 106 Å². The van der Waals surface area contributed by atoms with Crippen molar-refractivity contribution in [2.75, 3.05) is 13.1 Å². The zero-order valence-corrected chi connectivity index (χ0v) is 10.7. The van der Waals surface area contributed by atoms with E-state index in [4.69, 9.17) is 0 Å². The van der Waals surface area contributed by atoms with Crippen molar-refractivity contribution < 1.29 is 14.3 Å². The van der Waals surface area contributed by atoms with Gasteiger partial charge in [0.15, 0.2) is 0 Å². The normalized spacial score (nSPS) is 24.1. The summed E-state index contributed by atoms with van der Waals surface area (Å²) in [5.41, 5.74) is 0.0324. The number of rotatable bonds is 1. The van der Waals surface area contributed by atoms with Gasteiger partial charge in [-0.3, -0.25) is 4.79 Å². The lowest BCUT2D eigenvalue weighted by atomic mass is 9.94. The number of hydrogen-bond donors (Lipinski definition) is 1. The fourth-order valence-corrected chi connectivity index (χ4v) is 2.30. The lowest BCUT2D eigenvalue weighted by molar-refractivity contribution is -0.0107. The molecule has 1 unspecified atom stereocenters. The molecule has 1 atom stereocenters. The van der Waals surface area contributed by atoms with E-state index in [1.165, 1.54) is 6.07 Å². The minimum Gasteiger partial charge on any atom is -0.388 e. The van der Waals surface area contributed by atoms with Crippen molar-refractivity contribution in [1.82, 2.24) is 4.90 Å². The number of aryl methyl sites for hydroxylation is 1. The molecule has 1 aromatic rings. The molecule has 1 heterocycles. The first kappa shape index (κ1) is 13.0. The molecule has 0 aromatic heterocycles. The maximum Gasteiger partial charge on any atom is 0.254 e. The summed E-state index contributed by atoms with van der Waals surface area (Å²) in [6, 6.07) is 4.50. The van der Waals surface area contributed by atoms with Gasteiger partial charge in [-0.2, -0.15) is 0 Å². The van der Waals surface area contributed by atoms with Gasteiger partial charge in [0.25, 0.3) is 5.91 Å². The highest BCUT2D eigenvalue weighted by Crippen LogP contribution is 2.22. The molecule has 0 bridgehead atoms. The van der Waals surface area contributed by atoms with Crippen molar-refractivity contribution in [3.63, 3.8) is 0 Å². The first-order valence-corrected chi connectivity index (χ1v) is 6.17. The van der Waals surface area contributed by atoms with Crippen LogP contribution in [0.25, 0.3) is 0 Å². The number of aliphatic hydroxyl groups is 1. The number of hydrogen-bond acceptors (Lipinski definition) is 2. The lowest BCUT2D eigenvalue weighted by Gasteiger charge is -2.36. The van der Waals surface area contributed by atoms with Gasteiger partial charge in [-0.1, -0.05) is 6.07 Å². The van der Waals surface area contributed by atoms with E-state index in [1.807, 2.05) is 0 Å². The SMILES string of the molecule is Cc1ccc(C(=O)N2CCCC(C)(O)C2)cc1F. The first-order chi connectivity index (χ1) is 8.39. The molecule has 1 amide bonds. The highest BCUT2D eigenvalue weighted by Gasteiger charge is 2.31. The largest absolute Gasteiger partial charge is 0.388 e. The first-order valence-electron chi connectivity index (χ1n) is 6.17. The molecule has 0 aliphatic carbocycles. The van der Waals surface area contributed by atoms with Gasteiger partial charge in [0.05, 0.1) is 5.60 Å². The summed E-state index contributed by atoms with van der Waals surface area (Å²) in [4.78, 5) is 13.8. The number of β-amino-alcohol motifs (C(OH)–C–C–N with tert-alkyl or cyclic N) is 1. The van der Waals surface area contributed by atoms with Crippen LogP contribution < -0.4 is 0 Å². The highest BCUT2D eigenvalue weighted by atomic mass is 19.1. The van der Waals surface area contributed by atoms with Gasteiger partial charge in [-0.15, -0.1) is 0 Å². The molecule has 1 aliphatic heterocycles. The maximum atomic E-state index is 13.4. The second-order valence-corrected chi connectivity index (χ2v) is 5.29. The highest BCUT2D eigenvalue weighted by molar-refractivity contribution is 5.94. The molecule has 1 aromatic carbocycles. The average molecular weight is 251 g/mol. The Morgan fingerprint density at radius 2 is 2.22 bits per heavy atom. The lowest BCUT2D eigenvalue weighted by Crippen LogP contribution is -2.48. The quantitative estimate of drug-likeness (QED) is 0.830. The van der Waals surface area contributed by atoms with Crippen LogP contribution in [0.5, 0.6) is 0 Å². The van der Waals surface area contributed by atoms with Crippen LogP contribution in [0.15, 0.2) is 18.2 Å². The van der Waals surface area contributed by atoms with Crippen molar-refractivity contribution in [3.8, 4) is 0 Å². The monoisotopic (exact) mass is 251 g/mol. The third kappa shape index (κ3) is 2.70. The standard InChI is InChI=1S/C14H18FNO2/c1-10-4-5-11(8-12(10)15)13(17)16-7-3-6-14(2,18)9-16/h4-5,8,18H,3,6-7,9H2,1-2H3. The molecule has 1 N–H and O–H groups in total. The van der Waals surface area contributed by atoms with Crippen molar-refractivity contribution in [2.45, 2.75) is 32.3 Å². The molecule has 1 fully saturated rings. The summed E-state index contributed by atoms with van der Waals surface area (Å²) in [6.45, 7) is 4.31. The van der Waals surface area contributed by atoms with Crippen LogP contribution in [0.4, 0.5) is 4.39 Å². The van der Waals surface area contributed by atoms with E-state index in [0.29, 0.717) is 30.6 Å². The summed E-state index contributed by atoms with van der Waals surface area (Å²) >= 11 is 0. The molecule has 18 heavy (non-hydrogen) atoms. The van der Waals surface area contributed by atoms with E-state index >= 15 is 0 Å². The molecule has 3 nitrogen and oxygen atoms in total. The van der Waals surface area contributed by atoms with Gasteiger partial charge < -0.3 is 10.0 Å². The topological polar surface area (TPSA) is 40.5 Å². The molecule has 4 heteroatoms. The van der Waals surface area contributed by atoms with Crippen LogP contribution in [0, 0.1) is 12.7 Å². The van der Waals surface area contributed by atoms with Gasteiger partial charge in [0.2, 0.25) is 0 Å². The zero-order valence-electron chi connectivity index (χ0n) is 10.7. The molecule has 0 saturated carbocycles. The van der Waals surface area contributed by atoms with E-state index in [0.717, 1.165) is 6.42 Å². The average Bonchev–Trinajstić information content (AvgIpc) is 2.30. The van der Waals surface area contributed by atoms with Gasteiger partial charge >= 0.3 is 0 Å². The Kier molecular flexibility index (Phi) is 3.39. The Morgan fingerprint density at radius 3 is 2.83 bits per heavy atom. The number of benzene rings is 1. The van der Waals surface area contributed by atoms with E-state index in [9.17, 15) is 14.3 Å². The van der Waals surface area contributed by atoms with Gasteiger partial charge in [0.1, 0.15) is 5.82 Å². The van der Waals surface area contributed by atoms with Crippen LogP contribution in [0.2, 0.25) is 0 Å². The second kappa shape index (κ2) is 4.69. The molecule has 1 aliphatic rings. The Morgan fingerprint density at radius 1 is 1.50 bits per heavy atom.